The summed E-state index contributed by atoms with van der Waals surface area (Å²) in [7, 11) is 1.90. The maximum absolute atomic E-state index is 11.8. The normalized spacial score (nSPS) is 12.1. The van der Waals surface area contributed by atoms with Gasteiger partial charge in [-0.2, -0.15) is 0 Å². The summed E-state index contributed by atoms with van der Waals surface area (Å²) in [6.07, 6.45) is 1.48. The lowest BCUT2D eigenvalue weighted by atomic mass is 10.1. The van der Waals surface area contributed by atoms with Gasteiger partial charge in [0.05, 0.1) is 6.26 Å². The highest BCUT2D eigenvalue weighted by molar-refractivity contribution is 6.02. The van der Waals surface area contributed by atoms with E-state index in [-0.39, 0.29) is 11.9 Å². The molecule has 0 aliphatic heterocycles. The van der Waals surface area contributed by atoms with Crippen molar-refractivity contribution in [1.82, 2.24) is 5.32 Å². The minimum Gasteiger partial charge on any atom is -0.459 e. The third kappa shape index (κ3) is 2.78. The Morgan fingerprint density at radius 3 is 2.78 bits per heavy atom. The molecule has 0 spiro atoms. The zero-order valence-electron chi connectivity index (χ0n) is 10.4. The maximum Gasteiger partial charge on any atom is 0.291 e. The van der Waals surface area contributed by atoms with Gasteiger partial charge in [-0.3, -0.25) is 4.79 Å². The van der Waals surface area contributed by atoms with Crippen LogP contribution in [0.5, 0.6) is 0 Å². The summed E-state index contributed by atoms with van der Waals surface area (Å²) in [4.78, 5) is 11.8. The first-order chi connectivity index (χ1) is 8.70. The van der Waals surface area contributed by atoms with Crippen molar-refractivity contribution in [3.63, 3.8) is 0 Å². The number of carbonyl (C=O) groups is 1. The molecular weight excluding hydrogens is 228 g/mol. The molecule has 1 amide bonds. The molecule has 2 aromatic rings. The van der Waals surface area contributed by atoms with Gasteiger partial charge in [0, 0.05) is 11.7 Å². The lowest BCUT2D eigenvalue weighted by molar-refractivity contribution is 0.0996. The van der Waals surface area contributed by atoms with Crippen LogP contribution in [0.4, 0.5) is 5.69 Å². The molecule has 0 saturated heterocycles. The van der Waals surface area contributed by atoms with Crippen molar-refractivity contribution in [3.05, 3.63) is 54.0 Å². The number of carbonyl (C=O) groups excluding carboxylic acids is 1. The third-order valence-electron chi connectivity index (χ3n) is 2.82. The molecule has 2 rings (SSSR count). The Kier molecular flexibility index (Phi) is 3.79. The number of furan rings is 1. The molecule has 1 atom stereocenters. The second-order valence-corrected chi connectivity index (χ2v) is 4.07. The third-order valence-corrected chi connectivity index (χ3v) is 2.82. The zero-order valence-corrected chi connectivity index (χ0v) is 10.4. The topological polar surface area (TPSA) is 54.3 Å². The van der Waals surface area contributed by atoms with Crippen LogP contribution in [-0.2, 0) is 0 Å². The van der Waals surface area contributed by atoms with Gasteiger partial charge in [-0.05, 0) is 43.8 Å². The lowest BCUT2D eigenvalue weighted by Crippen LogP contribution is -2.14. The van der Waals surface area contributed by atoms with E-state index in [4.69, 9.17) is 4.42 Å². The average molecular weight is 244 g/mol. The Morgan fingerprint density at radius 2 is 2.11 bits per heavy atom. The van der Waals surface area contributed by atoms with Crippen LogP contribution in [0.1, 0.15) is 29.1 Å². The van der Waals surface area contributed by atoms with E-state index < -0.39 is 0 Å². The van der Waals surface area contributed by atoms with E-state index in [1.807, 2.05) is 31.3 Å². The SMILES string of the molecule is CNC(C)c1cccc(NC(=O)c2ccco2)c1. The first-order valence-corrected chi connectivity index (χ1v) is 5.83. The van der Waals surface area contributed by atoms with Gasteiger partial charge >= 0.3 is 0 Å². The Hall–Kier alpha value is -2.07. The fourth-order valence-corrected chi connectivity index (χ4v) is 1.65. The second kappa shape index (κ2) is 5.51. The highest BCUT2D eigenvalue weighted by Crippen LogP contribution is 2.17. The predicted molar refractivity (Wildman–Crippen MR) is 70.6 cm³/mol. The van der Waals surface area contributed by atoms with Crippen LogP contribution >= 0.6 is 0 Å². The molecule has 4 heteroatoms. The van der Waals surface area contributed by atoms with Crippen LogP contribution in [0.2, 0.25) is 0 Å². The number of nitrogens with one attached hydrogen (secondary N) is 2. The van der Waals surface area contributed by atoms with Gasteiger partial charge < -0.3 is 15.1 Å². The van der Waals surface area contributed by atoms with E-state index in [1.165, 1.54) is 6.26 Å². The van der Waals surface area contributed by atoms with E-state index >= 15 is 0 Å². The minimum absolute atomic E-state index is 0.241. The molecule has 0 aliphatic rings. The van der Waals surface area contributed by atoms with E-state index in [1.54, 1.807) is 12.1 Å². The summed E-state index contributed by atoms with van der Waals surface area (Å²) >= 11 is 0. The van der Waals surface area contributed by atoms with Crippen molar-refractivity contribution < 1.29 is 9.21 Å². The molecule has 1 unspecified atom stereocenters. The Balaban J connectivity index is 2.12. The van der Waals surface area contributed by atoms with Crippen molar-refractivity contribution in [3.8, 4) is 0 Å². The molecule has 0 aliphatic carbocycles. The zero-order chi connectivity index (χ0) is 13.0. The molecule has 18 heavy (non-hydrogen) atoms. The van der Waals surface area contributed by atoms with Crippen molar-refractivity contribution in [2.24, 2.45) is 0 Å². The largest absolute Gasteiger partial charge is 0.459 e. The first kappa shape index (κ1) is 12.4. The number of rotatable bonds is 4. The Bertz CT molecular complexity index is 520. The Morgan fingerprint density at radius 1 is 1.28 bits per heavy atom. The van der Waals surface area contributed by atoms with Crippen LogP contribution in [0.25, 0.3) is 0 Å². The molecule has 1 aromatic heterocycles. The molecule has 1 aromatic carbocycles. The van der Waals surface area contributed by atoms with Gasteiger partial charge in [0.25, 0.3) is 5.91 Å². The van der Waals surface area contributed by atoms with E-state index in [2.05, 4.69) is 17.6 Å². The average Bonchev–Trinajstić information content (AvgIpc) is 2.92. The minimum atomic E-state index is -0.241. The van der Waals surface area contributed by atoms with Gasteiger partial charge in [-0.25, -0.2) is 0 Å². The van der Waals surface area contributed by atoms with Gasteiger partial charge in [0.1, 0.15) is 0 Å². The smallest absolute Gasteiger partial charge is 0.291 e. The number of benzene rings is 1. The van der Waals surface area contributed by atoms with Crippen LogP contribution < -0.4 is 10.6 Å². The van der Waals surface area contributed by atoms with Crippen LogP contribution in [0.15, 0.2) is 47.1 Å². The summed E-state index contributed by atoms with van der Waals surface area (Å²) in [5.41, 5.74) is 1.88. The number of hydrogen-bond acceptors (Lipinski definition) is 3. The highest BCUT2D eigenvalue weighted by atomic mass is 16.3. The molecule has 94 valence electrons. The fourth-order valence-electron chi connectivity index (χ4n) is 1.65. The quantitative estimate of drug-likeness (QED) is 0.869. The molecule has 0 bridgehead atoms. The predicted octanol–water partition coefficient (Wildman–Crippen LogP) is 2.81. The molecule has 0 radical (unpaired) electrons. The molecular formula is C14H16N2O2. The van der Waals surface area contributed by atoms with Crippen molar-refractivity contribution in [1.29, 1.82) is 0 Å². The van der Waals surface area contributed by atoms with Crippen LogP contribution in [0.3, 0.4) is 0 Å². The summed E-state index contributed by atoms with van der Waals surface area (Å²) in [6.45, 7) is 2.06. The molecule has 0 fully saturated rings. The highest BCUT2D eigenvalue weighted by Gasteiger charge is 2.09. The number of amides is 1. The molecule has 2 N–H and O–H groups in total. The van der Waals surface area contributed by atoms with E-state index in [9.17, 15) is 4.79 Å². The van der Waals surface area contributed by atoms with E-state index in [0.717, 1.165) is 11.3 Å². The van der Waals surface area contributed by atoms with Crippen molar-refractivity contribution in [2.75, 3.05) is 12.4 Å². The monoisotopic (exact) mass is 244 g/mol. The van der Waals surface area contributed by atoms with Crippen LogP contribution in [0, 0.1) is 0 Å². The maximum atomic E-state index is 11.8. The summed E-state index contributed by atoms with van der Waals surface area (Å²) < 4.78 is 5.04. The second-order valence-electron chi connectivity index (χ2n) is 4.07. The fraction of sp³-hybridized carbons (Fsp3) is 0.214. The van der Waals surface area contributed by atoms with Crippen LogP contribution in [-0.4, -0.2) is 13.0 Å². The van der Waals surface area contributed by atoms with Crippen molar-refractivity contribution >= 4 is 11.6 Å². The first-order valence-electron chi connectivity index (χ1n) is 5.83. The van der Waals surface area contributed by atoms with Gasteiger partial charge in [-0.15, -0.1) is 0 Å². The van der Waals surface area contributed by atoms with Gasteiger partial charge in [0.15, 0.2) is 5.76 Å². The summed E-state index contributed by atoms with van der Waals surface area (Å²) in [5.74, 6) is 0.0660. The van der Waals surface area contributed by atoms with Gasteiger partial charge in [0.2, 0.25) is 0 Å². The number of hydrogen-bond donors (Lipinski definition) is 2. The summed E-state index contributed by atoms with van der Waals surface area (Å²) in [6, 6.07) is 11.3. The molecule has 1 heterocycles. The standard InChI is InChI=1S/C14H16N2O2/c1-10(15-2)11-5-3-6-12(9-11)16-14(17)13-7-4-8-18-13/h3-10,15H,1-2H3,(H,16,17). The summed E-state index contributed by atoms with van der Waals surface area (Å²) in [5, 5.41) is 5.96. The lowest BCUT2D eigenvalue weighted by Gasteiger charge is -2.12. The number of anilines is 1. The Labute approximate surface area is 106 Å². The molecule has 0 saturated carbocycles. The molecule has 4 nitrogen and oxygen atoms in total. The van der Waals surface area contributed by atoms with Gasteiger partial charge in [-0.1, -0.05) is 12.1 Å². The van der Waals surface area contributed by atoms with Crippen molar-refractivity contribution in [2.45, 2.75) is 13.0 Å². The van der Waals surface area contributed by atoms with E-state index in [0.29, 0.717) is 5.76 Å².